The summed E-state index contributed by atoms with van der Waals surface area (Å²) < 4.78 is 0. The summed E-state index contributed by atoms with van der Waals surface area (Å²) in [5.74, 6) is 0.0506. The van der Waals surface area contributed by atoms with Crippen molar-refractivity contribution in [3.05, 3.63) is 57.3 Å². The van der Waals surface area contributed by atoms with Gasteiger partial charge in [-0.1, -0.05) is 30.3 Å². The molecule has 0 atom stereocenters. The number of amides is 1. The Bertz CT molecular complexity index is 968. The molecule has 1 amide bonds. The third-order valence-corrected chi connectivity index (χ3v) is 7.06. The lowest BCUT2D eigenvalue weighted by atomic mass is 9.93. The molecule has 1 fully saturated rings. The third kappa shape index (κ3) is 3.16. The average Bonchev–Trinajstić information content (AvgIpc) is 3.31. The molecule has 5 nitrogen and oxygen atoms in total. The summed E-state index contributed by atoms with van der Waals surface area (Å²) in [5.41, 5.74) is 4.42. The summed E-state index contributed by atoms with van der Waals surface area (Å²) in [6.45, 7) is 5.76. The second kappa shape index (κ2) is 6.87. The highest BCUT2D eigenvalue weighted by Crippen LogP contribution is 2.39. The minimum atomic E-state index is -0.331. The highest BCUT2D eigenvalue weighted by Gasteiger charge is 2.41. The molecule has 4 heterocycles. The lowest BCUT2D eigenvalue weighted by Crippen LogP contribution is -2.61. The van der Waals surface area contributed by atoms with E-state index in [0.29, 0.717) is 0 Å². The summed E-state index contributed by atoms with van der Waals surface area (Å²) in [7, 11) is 0. The van der Waals surface area contributed by atoms with Gasteiger partial charge in [0.25, 0.3) is 5.91 Å². The zero-order valence-electron chi connectivity index (χ0n) is 16.0. The van der Waals surface area contributed by atoms with E-state index in [1.54, 1.807) is 11.3 Å². The fourth-order valence-electron chi connectivity index (χ4n) is 4.28. The van der Waals surface area contributed by atoms with E-state index in [-0.39, 0.29) is 11.6 Å². The first-order chi connectivity index (χ1) is 13.6. The molecule has 0 aliphatic carbocycles. The zero-order chi connectivity index (χ0) is 19.1. The van der Waals surface area contributed by atoms with Crippen LogP contribution in [0.3, 0.4) is 0 Å². The number of nitrogens with zero attached hydrogens (tertiary/aromatic N) is 2. The molecule has 0 unspecified atom stereocenters. The molecule has 28 heavy (non-hydrogen) atoms. The van der Waals surface area contributed by atoms with Crippen LogP contribution in [0.15, 0.2) is 47.0 Å². The van der Waals surface area contributed by atoms with Crippen LogP contribution < -0.4 is 10.6 Å². The van der Waals surface area contributed by atoms with E-state index in [1.165, 1.54) is 16.7 Å². The summed E-state index contributed by atoms with van der Waals surface area (Å²) in [4.78, 5) is 21.6. The maximum absolute atomic E-state index is 12.8. The highest BCUT2D eigenvalue weighted by atomic mass is 32.1. The molecule has 0 saturated carbocycles. The van der Waals surface area contributed by atoms with Crippen LogP contribution in [-0.4, -0.2) is 42.3 Å². The molecular weight excluding hydrogens is 368 g/mol. The molecule has 5 rings (SSSR count). The Balaban J connectivity index is 1.31. The predicted molar refractivity (Wildman–Crippen MR) is 115 cm³/mol. The number of piperidine rings is 1. The van der Waals surface area contributed by atoms with Gasteiger partial charge in [-0.3, -0.25) is 14.7 Å². The van der Waals surface area contributed by atoms with E-state index in [1.807, 2.05) is 6.21 Å². The van der Waals surface area contributed by atoms with Crippen molar-refractivity contribution in [1.29, 1.82) is 0 Å². The number of nitrogens with one attached hydrogen (secondary N) is 2. The third-order valence-electron chi connectivity index (χ3n) is 5.90. The minimum absolute atomic E-state index is 0.0506. The van der Waals surface area contributed by atoms with Crippen LogP contribution in [0.25, 0.3) is 5.57 Å². The Kier molecular flexibility index (Phi) is 4.33. The van der Waals surface area contributed by atoms with Gasteiger partial charge in [-0.15, -0.1) is 11.3 Å². The van der Waals surface area contributed by atoms with Crippen molar-refractivity contribution in [2.24, 2.45) is 4.99 Å². The number of aliphatic imine (C=N–C) groups is 1. The first kappa shape index (κ1) is 17.6. The van der Waals surface area contributed by atoms with E-state index in [4.69, 9.17) is 0 Å². The van der Waals surface area contributed by atoms with Gasteiger partial charge in [0.2, 0.25) is 0 Å². The van der Waals surface area contributed by atoms with E-state index >= 15 is 0 Å². The number of anilines is 1. The average molecular weight is 393 g/mol. The normalized spacial score (nSPS) is 21.0. The number of fused-ring (bicyclic) bond motifs is 1. The number of carbonyl (C=O) groups excluding carboxylic acids is 1. The van der Waals surface area contributed by atoms with Gasteiger partial charge in [0.05, 0.1) is 12.2 Å². The Morgan fingerprint density at radius 2 is 1.96 bits per heavy atom. The molecule has 1 saturated heterocycles. The van der Waals surface area contributed by atoms with Gasteiger partial charge in [0.15, 0.2) is 0 Å². The van der Waals surface area contributed by atoms with E-state index in [9.17, 15) is 4.79 Å². The van der Waals surface area contributed by atoms with E-state index in [0.717, 1.165) is 54.5 Å². The van der Waals surface area contributed by atoms with Crippen LogP contribution in [0.2, 0.25) is 0 Å². The lowest BCUT2D eigenvalue weighted by molar-refractivity contribution is 0.0827. The molecular formula is C22H24N4OS. The van der Waals surface area contributed by atoms with E-state index < -0.39 is 0 Å². The van der Waals surface area contributed by atoms with Gasteiger partial charge < -0.3 is 10.6 Å². The van der Waals surface area contributed by atoms with Gasteiger partial charge in [-0.2, -0.15) is 0 Å². The van der Waals surface area contributed by atoms with Crippen molar-refractivity contribution in [3.63, 3.8) is 0 Å². The number of carbonyl (C=O) groups is 1. The first-order valence-electron chi connectivity index (χ1n) is 9.83. The molecule has 0 bridgehead atoms. The van der Waals surface area contributed by atoms with Gasteiger partial charge in [-0.05, 0) is 24.1 Å². The predicted octanol–water partition coefficient (Wildman–Crippen LogP) is 3.75. The monoisotopic (exact) mass is 392 g/mol. The number of rotatable bonds is 3. The highest BCUT2D eigenvalue weighted by molar-refractivity contribution is 7.16. The second-order valence-electron chi connectivity index (χ2n) is 7.94. The summed E-state index contributed by atoms with van der Waals surface area (Å²) in [6, 6.07) is 12.7. The van der Waals surface area contributed by atoms with Crippen molar-refractivity contribution in [3.8, 4) is 0 Å². The number of likely N-dealkylation sites (tertiary alicyclic amines) is 1. The zero-order valence-corrected chi connectivity index (χ0v) is 16.8. The Morgan fingerprint density at radius 1 is 1.18 bits per heavy atom. The minimum Gasteiger partial charge on any atom is -0.361 e. The summed E-state index contributed by atoms with van der Waals surface area (Å²) in [6.07, 6.45) is 3.74. The maximum Gasteiger partial charge on any atom is 0.265 e. The molecule has 144 valence electrons. The molecule has 0 radical (unpaired) electrons. The van der Waals surface area contributed by atoms with Crippen molar-refractivity contribution in [1.82, 2.24) is 10.2 Å². The lowest BCUT2D eigenvalue weighted by Gasteiger charge is -2.45. The Labute approximate surface area is 169 Å². The molecule has 2 aromatic rings. The molecule has 3 aliphatic rings. The molecule has 1 spiro atoms. The fraction of sp³-hybridized carbons (Fsp3) is 0.364. The van der Waals surface area contributed by atoms with Crippen LogP contribution in [-0.2, 0) is 6.54 Å². The Morgan fingerprint density at radius 3 is 2.68 bits per heavy atom. The summed E-state index contributed by atoms with van der Waals surface area (Å²) in [5, 5.41) is 6.94. The molecule has 1 aromatic carbocycles. The number of hydrogen-bond acceptors (Lipinski definition) is 5. The standard InChI is InChI=1S/C22H24N4OS/c1-15-12-23-13-17(15)19-11-18-20(28-19)21(27)25-22(24-18)7-9-26(10-8-22)14-16-5-3-2-4-6-16/h2-6,11,13,24H,7-10,12,14H2,1H3,(H,25,27). The number of hydrogen-bond donors (Lipinski definition) is 2. The molecule has 2 N–H and O–H groups in total. The first-order valence-corrected chi connectivity index (χ1v) is 10.6. The van der Waals surface area contributed by atoms with Crippen LogP contribution >= 0.6 is 11.3 Å². The van der Waals surface area contributed by atoms with Crippen LogP contribution in [0.1, 0.15) is 39.9 Å². The van der Waals surface area contributed by atoms with Gasteiger partial charge in [-0.25, -0.2) is 0 Å². The number of thiophene rings is 1. The fourth-order valence-corrected chi connectivity index (χ4v) is 5.37. The van der Waals surface area contributed by atoms with Crippen molar-refractivity contribution in [2.75, 3.05) is 25.0 Å². The largest absolute Gasteiger partial charge is 0.361 e. The molecule has 6 heteroatoms. The Hall–Kier alpha value is -2.44. The topological polar surface area (TPSA) is 56.7 Å². The van der Waals surface area contributed by atoms with Crippen molar-refractivity contribution < 1.29 is 4.79 Å². The maximum atomic E-state index is 12.8. The van der Waals surface area contributed by atoms with Crippen LogP contribution in [0.5, 0.6) is 0 Å². The number of benzene rings is 1. The van der Waals surface area contributed by atoms with Crippen molar-refractivity contribution >= 4 is 34.7 Å². The quantitative estimate of drug-likeness (QED) is 0.836. The molecule has 3 aliphatic heterocycles. The second-order valence-corrected chi connectivity index (χ2v) is 8.99. The van der Waals surface area contributed by atoms with Gasteiger partial charge >= 0.3 is 0 Å². The smallest absolute Gasteiger partial charge is 0.265 e. The van der Waals surface area contributed by atoms with Crippen LogP contribution in [0, 0.1) is 0 Å². The van der Waals surface area contributed by atoms with Crippen molar-refractivity contribution in [2.45, 2.75) is 32.0 Å². The van der Waals surface area contributed by atoms with Gasteiger partial charge in [0, 0.05) is 49.1 Å². The van der Waals surface area contributed by atoms with Gasteiger partial charge in [0.1, 0.15) is 10.5 Å². The van der Waals surface area contributed by atoms with Crippen LogP contribution in [0.4, 0.5) is 5.69 Å². The van der Waals surface area contributed by atoms with E-state index in [2.05, 4.69) is 63.8 Å². The summed E-state index contributed by atoms with van der Waals surface area (Å²) >= 11 is 1.56. The number of allylic oxidation sites excluding steroid dienone is 1. The SMILES string of the molecule is CC1=C(c2cc3c(s2)C(=O)NC2(CCN(Cc4ccccc4)CC2)N3)C=NC1. The molecule has 1 aromatic heterocycles.